The van der Waals surface area contributed by atoms with Crippen LogP contribution < -0.4 is 9.47 Å². The molecule has 1 saturated heterocycles. The molecular weight excluding hydrogens is 460 g/mol. The Morgan fingerprint density at radius 1 is 1.15 bits per heavy atom. The molecule has 0 N–H and O–H groups in total. The van der Waals surface area contributed by atoms with Gasteiger partial charge in [-0.2, -0.15) is 0 Å². The zero-order valence-electron chi connectivity index (χ0n) is 19.0. The van der Waals surface area contributed by atoms with Crippen LogP contribution in [0.3, 0.4) is 0 Å². The van der Waals surface area contributed by atoms with Gasteiger partial charge < -0.3 is 18.9 Å². The number of hydrogen-bond acceptors (Lipinski definition) is 6. The lowest BCUT2D eigenvalue weighted by Crippen LogP contribution is -2.32. The Labute approximate surface area is 203 Å². The Morgan fingerprint density at radius 3 is 2.64 bits per heavy atom. The van der Waals surface area contributed by atoms with Crippen LogP contribution in [0.15, 0.2) is 47.6 Å². The van der Waals surface area contributed by atoms with E-state index in [-0.39, 0.29) is 11.9 Å². The molecule has 0 spiro atoms. The van der Waals surface area contributed by atoms with Gasteiger partial charge in [0.1, 0.15) is 11.5 Å². The molecule has 3 aromatic rings. The monoisotopic (exact) mass is 486 g/mol. The van der Waals surface area contributed by atoms with Gasteiger partial charge in [-0.05, 0) is 62.2 Å². The van der Waals surface area contributed by atoms with Crippen molar-refractivity contribution in [3.63, 3.8) is 0 Å². The van der Waals surface area contributed by atoms with Crippen molar-refractivity contribution in [3.8, 4) is 22.9 Å². The zero-order chi connectivity index (χ0) is 23.4. The maximum atomic E-state index is 13.2. The molecule has 33 heavy (non-hydrogen) atoms. The van der Waals surface area contributed by atoms with Crippen LogP contribution in [0.2, 0.25) is 5.02 Å². The van der Waals surface area contributed by atoms with Gasteiger partial charge in [0.15, 0.2) is 11.0 Å². The molecule has 1 fully saturated rings. The van der Waals surface area contributed by atoms with Crippen LogP contribution >= 0.6 is 23.4 Å². The van der Waals surface area contributed by atoms with Gasteiger partial charge in [-0.3, -0.25) is 4.79 Å². The normalized spacial score (nSPS) is 15.6. The van der Waals surface area contributed by atoms with Crippen LogP contribution in [-0.2, 0) is 11.3 Å². The first-order chi connectivity index (χ1) is 16.0. The average Bonchev–Trinajstić information content (AvgIpc) is 3.49. The number of aromatic nitrogens is 3. The van der Waals surface area contributed by atoms with E-state index in [1.165, 1.54) is 11.8 Å². The number of thioether (sulfide) groups is 1. The lowest BCUT2D eigenvalue weighted by Gasteiger charge is -2.26. The fraction of sp³-hybridized carbons (Fsp3) is 0.375. The van der Waals surface area contributed by atoms with Crippen molar-refractivity contribution in [3.05, 3.63) is 53.1 Å². The summed E-state index contributed by atoms with van der Waals surface area (Å²) in [6, 6.07) is 13.2. The third-order valence-electron chi connectivity index (χ3n) is 5.83. The lowest BCUT2D eigenvalue weighted by atomic mass is 10.0. The molecule has 9 heteroatoms. The van der Waals surface area contributed by atoms with Gasteiger partial charge in [0.2, 0.25) is 5.91 Å². The van der Waals surface area contributed by atoms with E-state index in [1.807, 2.05) is 58.9 Å². The molecule has 1 aromatic heterocycles. The predicted molar refractivity (Wildman–Crippen MR) is 130 cm³/mol. The minimum Gasteiger partial charge on any atom is -0.497 e. The number of nitrogens with zero attached hydrogens (tertiary/aromatic N) is 4. The summed E-state index contributed by atoms with van der Waals surface area (Å²) in [7, 11) is 3.29. The molecule has 1 atom stereocenters. The molecule has 1 unspecified atom stereocenters. The summed E-state index contributed by atoms with van der Waals surface area (Å²) in [4.78, 5) is 15.2. The van der Waals surface area contributed by atoms with Gasteiger partial charge in [0.25, 0.3) is 0 Å². The predicted octanol–water partition coefficient (Wildman–Crippen LogP) is 5.09. The van der Waals surface area contributed by atoms with Crippen molar-refractivity contribution < 1.29 is 14.3 Å². The smallest absolute Gasteiger partial charge is 0.233 e. The first-order valence-electron chi connectivity index (χ1n) is 10.9. The van der Waals surface area contributed by atoms with E-state index in [9.17, 15) is 4.79 Å². The highest BCUT2D eigenvalue weighted by atomic mass is 35.5. The van der Waals surface area contributed by atoms with Crippen LogP contribution in [0, 0.1) is 0 Å². The average molecular weight is 487 g/mol. The van der Waals surface area contributed by atoms with Gasteiger partial charge in [-0.15, -0.1) is 10.2 Å². The highest BCUT2D eigenvalue weighted by Crippen LogP contribution is 2.39. The van der Waals surface area contributed by atoms with Crippen molar-refractivity contribution in [2.75, 3.05) is 26.5 Å². The van der Waals surface area contributed by atoms with E-state index in [0.29, 0.717) is 17.3 Å². The Bertz CT molecular complexity index is 1120. The van der Waals surface area contributed by atoms with Crippen molar-refractivity contribution in [2.24, 2.45) is 0 Å². The van der Waals surface area contributed by atoms with Gasteiger partial charge in [-0.1, -0.05) is 23.4 Å². The Kier molecular flexibility index (Phi) is 7.45. The van der Waals surface area contributed by atoms with E-state index in [4.69, 9.17) is 21.1 Å². The number of amides is 1. The Hall–Kier alpha value is -2.71. The highest BCUT2D eigenvalue weighted by Gasteiger charge is 2.32. The first kappa shape index (κ1) is 23.4. The molecule has 2 aromatic carbocycles. The summed E-state index contributed by atoms with van der Waals surface area (Å²) >= 11 is 7.43. The third-order valence-corrected chi connectivity index (χ3v) is 7.03. The van der Waals surface area contributed by atoms with Gasteiger partial charge in [0, 0.05) is 29.2 Å². The van der Waals surface area contributed by atoms with Crippen LogP contribution in [0.4, 0.5) is 0 Å². The van der Waals surface area contributed by atoms with Crippen molar-refractivity contribution in [1.29, 1.82) is 0 Å². The molecule has 2 heterocycles. The summed E-state index contributed by atoms with van der Waals surface area (Å²) < 4.78 is 13.0. The van der Waals surface area contributed by atoms with E-state index in [1.54, 1.807) is 14.2 Å². The van der Waals surface area contributed by atoms with Crippen LogP contribution in [0.25, 0.3) is 11.4 Å². The minimum atomic E-state index is -0.0307. The van der Waals surface area contributed by atoms with Crippen LogP contribution in [-0.4, -0.2) is 52.1 Å². The second-order valence-electron chi connectivity index (χ2n) is 7.70. The number of carbonyl (C=O) groups is 1. The minimum absolute atomic E-state index is 0.0307. The van der Waals surface area contributed by atoms with Crippen molar-refractivity contribution in [2.45, 2.75) is 37.5 Å². The third kappa shape index (κ3) is 4.96. The molecule has 7 nitrogen and oxygen atoms in total. The maximum Gasteiger partial charge on any atom is 0.233 e. The molecule has 1 aliphatic rings. The van der Waals surface area contributed by atoms with E-state index < -0.39 is 0 Å². The molecule has 0 radical (unpaired) electrons. The summed E-state index contributed by atoms with van der Waals surface area (Å²) in [5.74, 6) is 2.66. The topological polar surface area (TPSA) is 69.5 Å². The molecule has 4 rings (SSSR count). The Balaban J connectivity index is 1.49. The number of halogens is 1. The van der Waals surface area contributed by atoms with E-state index >= 15 is 0 Å². The van der Waals surface area contributed by atoms with Crippen molar-refractivity contribution in [1.82, 2.24) is 19.7 Å². The molecule has 1 amide bonds. The first-order valence-corrected chi connectivity index (χ1v) is 12.2. The fourth-order valence-electron chi connectivity index (χ4n) is 4.19. The molecule has 1 aliphatic heterocycles. The van der Waals surface area contributed by atoms with E-state index in [0.717, 1.165) is 53.0 Å². The molecule has 174 valence electrons. The fourth-order valence-corrected chi connectivity index (χ4v) is 5.20. The number of rotatable bonds is 8. The second-order valence-corrected chi connectivity index (χ2v) is 9.08. The van der Waals surface area contributed by atoms with E-state index in [2.05, 4.69) is 10.2 Å². The standard InChI is InChI=1S/C24H27ClN4O3S/c1-4-28-23(16-7-9-17(25)10-8-16)26-27-24(28)33-15-22(30)29-13-5-6-20(29)19-14-18(31-2)11-12-21(19)32-3/h7-12,14,20H,4-6,13,15H2,1-3H3. The molecule has 0 aliphatic carbocycles. The van der Waals surface area contributed by atoms with Gasteiger partial charge in [-0.25, -0.2) is 0 Å². The SMILES string of the molecule is CCn1c(SCC(=O)N2CCCC2c2cc(OC)ccc2OC)nnc1-c1ccc(Cl)cc1. The molecule has 0 saturated carbocycles. The molecule has 0 bridgehead atoms. The number of methoxy groups -OCH3 is 2. The summed E-state index contributed by atoms with van der Waals surface area (Å²) in [6.45, 7) is 3.47. The number of benzene rings is 2. The summed E-state index contributed by atoms with van der Waals surface area (Å²) in [6.07, 6.45) is 1.85. The zero-order valence-corrected chi connectivity index (χ0v) is 20.5. The highest BCUT2D eigenvalue weighted by molar-refractivity contribution is 7.99. The second kappa shape index (κ2) is 10.5. The number of ether oxygens (including phenoxy) is 2. The summed E-state index contributed by atoms with van der Waals surface area (Å²) in [5.41, 5.74) is 1.92. The number of likely N-dealkylation sites (tertiary alicyclic amines) is 1. The largest absolute Gasteiger partial charge is 0.497 e. The van der Waals surface area contributed by atoms with Crippen LogP contribution in [0.1, 0.15) is 31.4 Å². The van der Waals surface area contributed by atoms with Gasteiger partial charge in [0.05, 0.1) is 26.0 Å². The van der Waals surface area contributed by atoms with Crippen LogP contribution in [0.5, 0.6) is 11.5 Å². The van der Waals surface area contributed by atoms with Gasteiger partial charge >= 0.3 is 0 Å². The summed E-state index contributed by atoms with van der Waals surface area (Å²) in [5, 5.41) is 10.1. The lowest BCUT2D eigenvalue weighted by molar-refractivity contribution is -0.129. The maximum absolute atomic E-state index is 13.2. The Morgan fingerprint density at radius 2 is 1.94 bits per heavy atom. The molecular formula is C24H27ClN4O3S. The quantitative estimate of drug-likeness (QED) is 0.413. The number of hydrogen-bond donors (Lipinski definition) is 0. The van der Waals surface area contributed by atoms with Crippen molar-refractivity contribution >= 4 is 29.3 Å². The number of carbonyl (C=O) groups excluding carboxylic acids is 1.